The van der Waals surface area contributed by atoms with E-state index in [0.29, 0.717) is 18.9 Å². The van der Waals surface area contributed by atoms with Gasteiger partial charge in [-0.2, -0.15) is 0 Å². The van der Waals surface area contributed by atoms with Crippen LogP contribution in [-0.2, 0) is 4.79 Å². The van der Waals surface area contributed by atoms with Crippen molar-refractivity contribution in [2.45, 2.75) is 13.8 Å². The van der Waals surface area contributed by atoms with Crippen molar-refractivity contribution >= 4 is 11.7 Å². The van der Waals surface area contributed by atoms with E-state index in [2.05, 4.69) is 16.0 Å². The number of rotatable bonds is 5. The van der Waals surface area contributed by atoms with Gasteiger partial charge < -0.3 is 14.5 Å². The number of ether oxygens (including phenoxy) is 1. The Morgan fingerprint density at radius 3 is 2.50 bits per heavy atom. The molecule has 1 amide bonds. The number of carbonyl (C=O) groups is 1. The molecule has 0 radical (unpaired) electrons. The van der Waals surface area contributed by atoms with Crippen molar-refractivity contribution in [1.82, 2.24) is 14.9 Å². The van der Waals surface area contributed by atoms with Crippen LogP contribution in [0.4, 0.5) is 5.82 Å². The van der Waals surface area contributed by atoms with E-state index in [1.807, 2.05) is 67.3 Å². The van der Waals surface area contributed by atoms with Gasteiger partial charge in [-0.1, -0.05) is 48.0 Å². The molecule has 2 heterocycles. The number of hydrogen-bond acceptors (Lipinski definition) is 5. The number of aryl methyl sites for hydroxylation is 2. The smallest absolute Gasteiger partial charge is 0.260 e. The third-order valence-corrected chi connectivity index (χ3v) is 5.31. The maximum Gasteiger partial charge on any atom is 0.260 e. The van der Waals surface area contributed by atoms with E-state index in [1.165, 1.54) is 5.56 Å². The minimum atomic E-state index is 0.0160. The molecule has 4 rings (SSSR count). The summed E-state index contributed by atoms with van der Waals surface area (Å²) in [7, 11) is 0. The van der Waals surface area contributed by atoms with Crippen LogP contribution in [0.5, 0.6) is 5.75 Å². The van der Waals surface area contributed by atoms with Gasteiger partial charge in [-0.15, -0.1) is 0 Å². The molecule has 0 atom stereocenters. The average Bonchev–Trinajstić information content (AvgIpc) is 2.79. The van der Waals surface area contributed by atoms with Gasteiger partial charge in [0, 0.05) is 37.9 Å². The van der Waals surface area contributed by atoms with Gasteiger partial charge >= 0.3 is 0 Å². The zero-order valence-corrected chi connectivity index (χ0v) is 17.4. The molecule has 0 bridgehead atoms. The molecule has 30 heavy (non-hydrogen) atoms. The van der Waals surface area contributed by atoms with Crippen molar-refractivity contribution < 1.29 is 9.53 Å². The molecule has 154 valence electrons. The van der Waals surface area contributed by atoms with Crippen molar-refractivity contribution in [2.75, 3.05) is 37.7 Å². The molecule has 0 saturated carbocycles. The van der Waals surface area contributed by atoms with Crippen molar-refractivity contribution in [3.8, 4) is 17.1 Å². The third kappa shape index (κ3) is 4.59. The lowest BCUT2D eigenvalue weighted by Gasteiger charge is -2.35. The number of amides is 1. The molecule has 1 saturated heterocycles. The van der Waals surface area contributed by atoms with Crippen LogP contribution in [0.15, 0.2) is 60.8 Å². The largest absolute Gasteiger partial charge is 0.484 e. The summed E-state index contributed by atoms with van der Waals surface area (Å²) in [6, 6.07) is 17.9. The Bertz CT molecular complexity index is 1010. The number of piperazine rings is 1. The standard InChI is InChI=1S/C24H26N4O2/c1-18-8-9-21(19(2)16-18)30-17-23(29)28-14-12-27(13-15-28)22-10-11-25-24(26-22)20-6-4-3-5-7-20/h3-11,16H,12-15,17H2,1-2H3. The summed E-state index contributed by atoms with van der Waals surface area (Å²) in [5, 5.41) is 0. The second kappa shape index (κ2) is 8.95. The number of benzene rings is 2. The Labute approximate surface area is 177 Å². The number of hydrogen-bond donors (Lipinski definition) is 0. The molecule has 0 aliphatic carbocycles. The second-order valence-electron chi connectivity index (χ2n) is 7.53. The highest BCUT2D eigenvalue weighted by Gasteiger charge is 2.22. The zero-order valence-electron chi connectivity index (χ0n) is 17.4. The van der Waals surface area contributed by atoms with E-state index in [0.717, 1.165) is 35.8 Å². The molecule has 1 aliphatic rings. The van der Waals surface area contributed by atoms with Crippen molar-refractivity contribution in [3.63, 3.8) is 0 Å². The number of carbonyl (C=O) groups excluding carboxylic acids is 1. The molecule has 0 unspecified atom stereocenters. The molecule has 6 heteroatoms. The van der Waals surface area contributed by atoms with Gasteiger partial charge in [-0.05, 0) is 31.5 Å². The lowest BCUT2D eigenvalue weighted by Crippen LogP contribution is -2.50. The summed E-state index contributed by atoms with van der Waals surface area (Å²) in [6.07, 6.45) is 1.79. The first-order chi connectivity index (χ1) is 14.6. The highest BCUT2D eigenvalue weighted by atomic mass is 16.5. The fourth-order valence-corrected chi connectivity index (χ4v) is 3.63. The minimum absolute atomic E-state index is 0.0160. The van der Waals surface area contributed by atoms with Crippen LogP contribution in [0.3, 0.4) is 0 Å². The Hall–Kier alpha value is -3.41. The first-order valence-corrected chi connectivity index (χ1v) is 10.2. The van der Waals surface area contributed by atoms with E-state index in [9.17, 15) is 4.79 Å². The van der Waals surface area contributed by atoms with Gasteiger partial charge in [0.05, 0.1) is 0 Å². The fraction of sp³-hybridized carbons (Fsp3) is 0.292. The predicted octanol–water partition coefficient (Wildman–Crippen LogP) is 3.49. The summed E-state index contributed by atoms with van der Waals surface area (Å²) in [6.45, 7) is 6.88. The fourth-order valence-electron chi connectivity index (χ4n) is 3.63. The molecular formula is C24H26N4O2. The number of aromatic nitrogens is 2. The van der Waals surface area contributed by atoms with Gasteiger partial charge in [0.25, 0.3) is 5.91 Å². The molecular weight excluding hydrogens is 376 g/mol. The Balaban J connectivity index is 1.33. The third-order valence-electron chi connectivity index (χ3n) is 5.31. The van der Waals surface area contributed by atoms with Crippen LogP contribution < -0.4 is 9.64 Å². The Morgan fingerprint density at radius 1 is 1.00 bits per heavy atom. The summed E-state index contributed by atoms with van der Waals surface area (Å²) in [4.78, 5) is 25.8. The van der Waals surface area contributed by atoms with E-state index >= 15 is 0 Å². The highest BCUT2D eigenvalue weighted by Crippen LogP contribution is 2.20. The van der Waals surface area contributed by atoms with E-state index in [-0.39, 0.29) is 12.5 Å². The van der Waals surface area contributed by atoms with Crippen LogP contribution in [0.1, 0.15) is 11.1 Å². The van der Waals surface area contributed by atoms with Gasteiger partial charge in [0.2, 0.25) is 0 Å². The Kier molecular flexibility index (Phi) is 5.93. The summed E-state index contributed by atoms with van der Waals surface area (Å²) >= 11 is 0. The lowest BCUT2D eigenvalue weighted by molar-refractivity contribution is -0.133. The molecule has 0 spiro atoms. The van der Waals surface area contributed by atoms with E-state index in [1.54, 1.807) is 6.20 Å². The summed E-state index contributed by atoms with van der Waals surface area (Å²) < 4.78 is 5.76. The SMILES string of the molecule is Cc1ccc(OCC(=O)N2CCN(c3ccnc(-c4ccccc4)n3)CC2)c(C)c1. The van der Waals surface area contributed by atoms with Crippen molar-refractivity contribution in [1.29, 1.82) is 0 Å². The van der Waals surface area contributed by atoms with Gasteiger partial charge in [0.1, 0.15) is 11.6 Å². The first kappa shape index (κ1) is 19.9. The van der Waals surface area contributed by atoms with Crippen molar-refractivity contribution in [3.05, 3.63) is 71.9 Å². The van der Waals surface area contributed by atoms with E-state index < -0.39 is 0 Å². The topological polar surface area (TPSA) is 58.6 Å². The molecule has 6 nitrogen and oxygen atoms in total. The van der Waals surface area contributed by atoms with E-state index in [4.69, 9.17) is 9.72 Å². The molecule has 1 aliphatic heterocycles. The summed E-state index contributed by atoms with van der Waals surface area (Å²) in [5.74, 6) is 2.39. The van der Waals surface area contributed by atoms with Crippen LogP contribution >= 0.6 is 0 Å². The van der Waals surface area contributed by atoms with Crippen LogP contribution in [0.25, 0.3) is 11.4 Å². The lowest BCUT2D eigenvalue weighted by atomic mass is 10.1. The molecule has 1 aromatic heterocycles. The molecule has 3 aromatic rings. The maximum atomic E-state index is 12.6. The zero-order chi connectivity index (χ0) is 20.9. The maximum absolute atomic E-state index is 12.6. The second-order valence-corrected chi connectivity index (χ2v) is 7.53. The first-order valence-electron chi connectivity index (χ1n) is 10.2. The van der Waals surface area contributed by atoms with Crippen LogP contribution in [0.2, 0.25) is 0 Å². The monoisotopic (exact) mass is 402 g/mol. The van der Waals surface area contributed by atoms with Crippen LogP contribution in [-0.4, -0.2) is 53.6 Å². The quantitative estimate of drug-likeness (QED) is 0.654. The normalized spacial score (nSPS) is 13.9. The van der Waals surface area contributed by atoms with Gasteiger partial charge in [-0.25, -0.2) is 9.97 Å². The number of nitrogens with zero attached hydrogens (tertiary/aromatic N) is 4. The van der Waals surface area contributed by atoms with Crippen LogP contribution in [0, 0.1) is 13.8 Å². The molecule has 1 fully saturated rings. The van der Waals surface area contributed by atoms with Gasteiger partial charge in [-0.3, -0.25) is 4.79 Å². The Morgan fingerprint density at radius 2 is 1.77 bits per heavy atom. The highest BCUT2D eigenvalue weighted by molar-refractivity contribution is 5.78. The average molecular weight is 402 g/mol. The molecule has 0 N–H and O–H groups in total. The minimum Gasteiger partial charge on any atom is -0.484 e. The summed E-state index contributed by atoms with van der Waals surface area (Å²) in [5.41, 5.74) is 3.23. The molecule has 2 aromatic carbocycles. The van der Waals surface area contributed by atoms with Gasteiger partial charge in [0.15, 0.2) is 12.4 Å². The predicted molar refractivity (Wildman–Crippen MR) is 118 cm³/mol. The van der Waals surface area contributed by atoms with Crippen molar-refractivity contribution in [2.24, 2.45) is 0 Å². The number of anilines is 1.